The first kappa shape index (κ1) is 16.1. The van der Waals surface area contributed by atoms with Gasteiger partial charge in [0.25, 0.3) is 0 Å². The van der Waals surface area contributed by atoms with Crippen molar-refractivity contribution >= 4 is 39.6 Å². The summed E-state index contributed by atoms with van der Waals surface area (Å²) >= 11 is 2.23. The van der Waals surface area contributed by atoms with Crippen molar-refractivity contribution in [2.24, 2.45) is 0 Å². The predicted molar refractivity (Wildman–Crippen MR) is 104 cm³/mol. The molecule has 0 atom stereocenters. The van der Waals surface area contributed by atoms with Crippen molar-refractivity contribution in [1.82, 2.24) is 4.98 Å². The smallest absolute Gasteiger partial charge is 0.123 e. The van der Waals surface area contributed by atoms with Crippen LogP contribution in [0.4, 0.5) is 4.39 Å². The summed E-state index contributed by atoms with van der Waals surface area (Å²) in [6.07, 6.45) is 2.09. The molecule has 23 heavy (non-hydrogen) atoms. The van der Waals surface area contributed by atoms with Crippen LogP contribution >= 0.6 is 22.6 Å². The zero-order chi connectivity index (χ0) is 16.4. The Kier molecular flexibility index (Phi) is 4.76. The van der Waals surface area contributed by atoms with Gasteiger partial charge in [-0.05, 0) is 39.8 Å². The number of fused-ring (bicyclic) bond motifs is 1. The first-order chi connectivity index (χ1) is 11.1. The highest BCUT2D eigenvalue weighted by molar-refractivity contribution is 14.1. The second-order valence-corrected chi connectivity index (χ2v) is 6.48. The fourth-order valence-electron chi connectivity index (χ4n) is 2.85. The van der Waals surface area contributed by atoms with E-state index >= 15 is 0 Å². The number of nitrogens with zero attached hydrogens (tertiary/aromatic N) is 1. The molecule has 3 heteroatoms. The van der Waals surface area contributed by atoms with Gasteiger partial charge in [-0.15, -0.1) is 0 Å². The van der Waals surface area contributed by atoms with E-state index in [1.54, 1.807) is 0 Å². The van der Waals surface area contributed by atoms with Gasteiger partial charge in [0.2, 0.25) is 0 Å². The van der Waals surface area contributed by atoms with Crippen molar-refractivity contribution < 1.29 is 4.39 Å². The summed E-state index contributed by atoms with van der Waals surface area (Å²) in [6, 6.07) is 14.8. The van der Waals surface area contributed by atoms with E-state index in [1.807, 2.05) is 34.4 Å². The monoisotopic (exact) mass is 417 g/mol. The van der Waals surface area contributed by atoms with Crippen molar-refractivity contribution in [2.75, 3.05) is 0 Å². The molecule has 0 saturated carbocycles. The van der Waals surface area contributed by atoms with Crippen LogP contribution in [0, 0.1) is 5.82 Å². The molecule has 1 aromatic heterocycles. The Bertz CT molecular complexity index is 867. The molecule has 3 aromatic rings. The lowest BCUT2D eigenvalue weighted by Crippen LogP contribution is -2.01. The van der Waals surface area contributed by atoms with E-state index in [2.05, 4.69) is 48.6 Å². The van der Waals surface area contributed by atoms with Crippen molar-refractivity contribution in [1.29, 1.82) is 0 Å². The Morgan fingerprint density at radius 3 is 2.39 bits per heavy atom. The highest BCUT2D eigenvalue weighted by Crippen LogP contribution is 2.36. The topological polar surface area (TPSA) is 12.9 Å². The molecule has 0 amide bonds. The SMILES string of the molecule is CC(C)c1nc2ccccc2c(-c2ccc(F)cc2)c1C=CI. The molecule has 1 nitrogen and oxygen atoms in total. The highest BCUT2D eigenvalue weighted by Gasteiger charge is 2.16. The lowest BCUT2D eigenvalue weighted by molar-refractivity contribution is 0.628. The summed E-state index contributed by atoms with van der Waals surface area (Å²) in [5, 5.41) is 1.09. The number of hydrogen-bond acceptors (Lipinski definition) is 1. The number of para-hydroxylation sites is 1. The quantitative estimate of drug-likeness (QED) is 0.440. The maximum atomic E-state index is 13.3. The maximum Gasteiger partial charge on any atom is 0.123 e. The molecule has 0 saturated heterocycles. The molecule has 0 unspecified atom stereocenters. The molecule has 0 aliphatic rings. The Balaban J connectivity index is 2.44. The number of hydrogen-bond donors (Lipinski definition) is 0. The minimum Gasteiger partial charge on any atom is -0.252 e. The molecular formula is C20H17FIN. The number of aromatic nitrogens is 1. The predicted octanol–water partition coefficient (Wildman–Crippen LogP) is 6.57. The molecule has 0 radical (unpaired) electrons. The summed E-state index contributed by atoms with van der Waals surface area (Å²) in [5.74, 6) is 0.0867. The third-order valence-electron chi connectivity index (χ3n) is 3.87. The summed E-state index contributed by atoms with van der Waals surface area (Å²) in [5.41, 5.74) is 5.28. The summed E-state index contributed by atoms with van der Waals surface area (Å²) in [7, 11) is 0. The minimum absolute atomic E-state index is 0.220. The Labute approximate surface area is 149 Å². The van der Waals surface area contributed by atoms with E-state index in [4.69, 9.17) is 4.98 Å². The molecule has 3 rings (SSSR count). The highest BCUT2D eigenvalue weighted by atomic mass is 127. The summed E-state index contributed by atoms with van der Waals surface area (Å²) in [4.78, 5) is 4.87. The van der Waals surface area contributed by atoms with E-state index in [0.29, 0.717) is 5.92 Å². The largest absolute Gasteiger partial charge is 0.252 e. The maximum absolute atomic E-state index is 13.3. The Morgan fingerprint density at radius 2 is 1.74 bits per heavy atom. The van der Waals surface area contributed by atoms with Crippen molar-refractivity contribution in [2.45, 2.75) is 19.8 Å². The molecular weight excluding hydrogens is 400 g/mol. The molecule has 2 aromatic carbocycles. The molecule has 1 heterocycles. The third kappa shape index (κ3) is 3.15. The van der Waals surface area contributed by atoms with E-state index in [0.717, 1.165) is 33.3 Å². The third-order valence-corrected chi connectivity index (χ3v) is 4.23. The van der Waals surface area contributed by atoms with Gasteiger partial charge in [0.1, 0.15) is 5.82 Å². The number of benzene rings is 2. The van der Waals surface area contributed by atoms with E-state index in [9.17, 15) is 4.39 Å². The molecule has 0 spiro atoms. The van der Waals surface area contributed by atoms with Crippen molar-refractivity contribution in [3.8, 4) is 11.1 Å². The fraction of sp³-hybridized carbons (Fsp3) is 0.150. The second kappa shape index (κ2) is 6.79. The Hall–Kier alpha value is -1.75. The summed E-state index contributed by atoms with van der Waals surface area (Å²) in [6.45, 7) is 4.30. The molecule has 116 valence electrons. The second-order valence-electron chi connectivity index (χ2n) is 5.76. The van der Waals surface area contributed by atoms with Crippen LogP contribution in [0.2, 0.25) is 0 Å². The van der Waals surface area contributed by atoms with Crippen molar-refractivity contribution in [3.05, 3.63) is 69.7 Å². The van der Waals surface area contributed by atoms with Crippen molar-refractivity contribution in [3.63, 3.8) is 0 Å². The van der Waals surface area contributed by atoms with Gasteiger partial charge in [-0.3, -0.25) is 4.98 Å². The van der Waals surface area contributed by atoms with Gasteiger partial charge >= 0.3 is 0 Å². The normalized spacial score (nSPS) is 11.7. The van der Waals surface area contributed by atoms with Crippen LogP contribution in [0.5, 0.6) is 0 Å². The van der Waals surface area contributed by atoms with Gasteiger partial charge in [0, 0.05) is 16.5 Å². The molecule has 0 bridgehead atoms. The fourth-order valence-corrected chi connectivity index (χ4v) is 3.20. The van der Waals surface area contributed by atoms with Crippen LogP contribution in [0.3, 0.4) is 0 Å². The van der Waals surface area contributed by atoms with Gasteiger partial charge in [0.05, 0.1) is 11.2 Å². The van der Waals surface area contributed by atoms with E-state index in [-0.39, 0.29) is 5.82 Å². The minimum atomic E-state index is -0.220. The first-order valence-electron chi connectivity index (χ1n) is 7.57. The summed E-state index contributed by atoms with van der Waals surface area (Å²) < 4.78 is 15.3. The van der Waals surface area contributed by atoms with Crippen LogP contribution in [0.1, 0.15) is 31.0 Å². The average Bonchev–Trinajstić information content (AvgIpc) is 2.55. The van der Waals surface area contributed by atoms with Gasteiger partial charge in [0.15, 0.2) is 0 Å². The average molecular weight is 417 g/mol. The van der Waals surface area contributed by atoms with Crippen LogP contribution in [-0.2, 0) is 0 Å². The lowest BCUT2D eigenvalue weighted by Gasteiger charge is -2.17. The van der Waals surface area contributed by atoms with Gasteiger partial charge < -0.3 is 0 Å². The zero-order valence-corrected chi connectivity index (χ0v) is 15.2. The van der Waals surface area contributed by atoms with Gasteiger partial charge in [-0.25, -0.2) is 4.39 Å². The Morgan fingerprint density at radius 1 is 1.04 bits per heavy atom. The first-order valence-corrected chi connectivity index (χ1v) is 8.81. The number of halogens is 2. The molecule has 0 aliphatic carbocycles. The van der Waals surface area contributed by atoms with Gasteiger partial charge in [-0.2, -0.15) is 0 Å². The van der Waals surface area contributed by atoms with Gasteiger partial charge in [-0.1, -0.05) is 66.8 Å². The number of rotatable bonds is 3. The molecule has 0 N–H and O–H groups in total. The van der Waals surface area contributed by atoms with Crippen LogP contribution in [0.25, 0.3) is 28.1 Å². The van der Waals surface area contributed by atoms with E-state index in [1.165, 1.54) is 12.1 Å². The van der Waals surface area contributed by atoms with Crippen LogP contribution < -0.4 is 0 Å². The molecule has 0 fully saturated rings. The van der Waals surface area contributed by atoms with E-state index < -0.39 is 0 Å². The lowest BCUT2D eigenvalue weighted by atomic mass is 9.91. The van der Waals surface area contributed by atoms with Crippen LogP contribution in [-0.4, -0.2) is 4.98 Å². The zero-order valence-electron chi connectivity index (χ0n) is 13.1. The number of pyridine rings is 1. The van der Waals surface area contributed by atoms with Crippen LogP contribution in [0.15, 0.2) is 52.6 Å². The standard InChI is InChI=1S/C20H17FIN/c1-13(2)20-17(11-12-22)19(14-7-9-15(21)10-8-14)16-5-3-4-6-18(16)23-20/h3-13H,1-2H3. The molecule has 0 aliphatic heterocycles.